The number of aromatic nitrogens is 1. The Kier molecular flexibility index (Phi) is 4.47. The number of anilines is 1. The van der Waals surface area contributed by atoms with Crippen LogP contribution in [0.3, 0.4) is 0 Å². The zero-order valence-electron chi connectivity index (χ0n) is 11.9. The molecule has 0 unspecified atom stereocenters. The summed E-state index contributed by atoms with van der Waals surface area (Å²) in [5.41, 5.74) is 6.39. The molecule has 19 heavy (non-hydrogen) atoms. The Balaban J connectivity index is 2.00. The van der Waals surface area contributed by atoms with Crippen LogP contribution in [-0.4, -0.2) is 42.2 Å². The highest BCUT2D eigenvalue weighted by Crippen LogP contribution is 2.25. The zero-order valence-corrected chi connectivity index (χ0v) is 11.9. The van der Waals surface area contributed by atoms with Gasteiger partial charge in [0.15, 0.2) is 0 Å². The third-order valence-corrected chi connectivity index (χ3v) is 3.16. The van der Waals surface area contributed by atoms with Gasteiger partial charge in [0, 0.05) is 19.2 Å². The minimum Gasteiger partial charge on any atom is -0.474 e. The summed E-state index contributed by atoms with van der Waals surface area (Å²) in [4.78, 5) is 6.65. The van der Waals surface area contributed by atoms with Crippen LogP contribution in [0.15, 0.2) is 12.1 Å². The van der Waals surface area contributed by atoms with Crippen molar-refractivity contribution in [2.45, 2.75) is 38.9 Å². The van der Waals surface area contributed by atoms with Crippen molar-refractivity contribution in [2.24, 2.45) is 0 Å². The summed E-state index contributed by atoms with van der Waals surface area (Å²) in [7, 11) is 2.13. The van der Waals surface area contributed by atoms with Crippen molar-refractivity contribution in [3.63, 3.8) is 0 Å². The lowest BCUT2D eigenvalue weighted by Crippen LogP contribution is -2.35. The van der Waals surface area contributed by atoms with Crippen LogP contribution >= 0.6 is 0 Å². The van der Waals surface area contributed by atoms with Crippen LogP contribution in [0.2, 0.25) is 0 Å². The largest absolute Gasteiger partial charge is 0.474 e. The molecule has 0 amide bonds. The number of likely N-dealkylation sites (tertiary alicyclic amines) is 1. The molecule has 1 saturated heterocycles. The Morgan fingerprint density at radius 1 is 1.32 bits per heavy atom. The molecule has 0 bridgehead atoms. The Morgan fingerprint density at radius 3 is 2.63 bits per heavy atom. The Hall–Kier alpha value is -1.49. The van der Waals surface area contributed by atoms with Crippen LogP contribution in [-0.2, 0) is 0 Å². The van der Waals surface area contributed by atoms with E-state index in [2.05, 4.69) is 16.9 Å². The number of hydrogen-bond donors (Lipinski definition) is 1. The van der Waals surface area contributed by atoms with Crippen molar-refractivity contribution in [2.75, 3.05) is 25.9 Å². The van der Waals surface area contributed by atoms with Gasteiger partial charge in [0.05, 0.1) is 11.8 Å². The van der Waals surface area contributed by atoms with Crippen LogP contribution < -0.4 is 15.2 Å². The summed E-state index contributed by atoms with van der Waals surface area (Å²) in [5.74, 6) is 1.06. The molecule has 1 aromatic heterocycles. The molecule has 0 atom stereocenters. The molecule has 0 spiro atoms. The lowest BCUT2D eigenvalue weighted by atomic mass is 10.1. The van der Waals surface area contributed by atoms with E-state index in [1.54, 1.807) is 12.1 Å². The predicted molar refractivity (Wildman–Crippen MR) is 75.6 cm³/mol. The maximum absolute atomic E-state index is 5.91. The molecule has 2 heterocycles. The maximum atomic E-state index is 5.91. The number of rotatable bonds is 4. The van der Waals surface area contributed by atoms with E-state index < -0.39 is 0 Å². The second kappa shape index (κ2) is 6.10. The molecule has 0 saturated carbocycles. The van der Waals surface area contributed by atoms with E-state index in [0.717, 1.165) is 25.9 Å². The van der Waals surface area contributed by atoms with Gasteiger partial charge in [0.25, 0.3) is 0 Å². The molecular weight excluding hydrogens is 242 g/mol. The standard InChI is InChI=1S/C14H23N3O2/c1-10(2)18-14-12(15)4-5-13(16-14)19-11-6-8-17(3)9-7-11/h4-5,10-11H,6-9,15H2,1-3H3. The zero-order chi connectivity index (χ0) is 13.8. The average Bonchev–Trinajstić information content (AvgIpc) is 2.36. The lowest BCUT2D eigenvalue weighted by Gasteiger charge is -2.29. The monoisotopic (exact) mass is 265 g/mol. The van der Waals surface area contributed by atoms with Crippen LogP contribution in [0, 0.1) is 0 Å². The van der Waals surface area contributed by atoms with Crippen LogP contribution in [0.25, 0.3) is 0 Å². The van der Waals surface area contributed by atoms with Gasteiger partial charge < -0.3 is 20.1 Å². The summed E-state index contributed by atoms with van der Waals surface area (Å²) < 4.78 is 11.5. The smallest absolute Gasteiger partial charge is 0.240 e. The van der Waals surface area contributed by atoms with E-state index in [4.69, 9.17) is 15.2 Å². The van der Waals surface area contributed by atoms with Gasteiger partial charge in [0.2, 0.25) is 11.8 Å². The van der Waals surface area contributed by atoms with E-state index in [1.807, 2.05) is 13.8 Å². The first-order valence-electron chi connectivity index (χ1n) is 6.83. The van der Waals surface area contributed by atoms with Gasteiger partial charge in [0.1, 0.15) is 6.10 Å². The topological polar surface area (TPSA) is 60.6 Å². The molecule has 1 aliphatic rings. The van der Waals surface area contributed by atoms with E-state index in [-0.39, 0.29) is 12.2 Å². The van der Waals surface area contributed by atoms with Crippen molar-refractivity contribution < 1.29 is 9.47 Å². The van der Waals surface area contributed by atoms with Gasteiger partial charge in [-0.1, -0.05) is 0 Å². The fourth-order valence-corrected chi connectivity index (χ4v) is 2.09. The Morgan fingerprint density at radius 2 is 2.00 bits per heavy atom. The first kappa shape index (κ1) is 13.9. The molecular formula is C14H23N3O2. The summed E-state index contributed by atoms with van der Waals surface area (Å²) in [5, 5.41) is 0. The van der Waals surface area contributed by atoms with Gasteiger partial charge in [-0.05, 0) is 39.8 Å². The van der Waals surface area contributed by atoms with Crippen LogP contribution in [0.4, 0.5) is 5.69 Å². The number of nitrogen functional groups attached to an aromatic ring is 1. The molecule has 106 valence electrons. The van der Waals surface area contributed by atoms with E-state index >= 15 is 0 Å². The fraction of sp³-hybridized carbons (Fsp3) is 0.643. The summed E-state index contributed by atoms with van der Waals surface area (Å²) in [6, 6.07) is 3.59. The molecule has 2 rings (SSSR count). The average molecular weight is 265 g/mol. The van der Waals surface area contributed by atoms with Crippen molar-refractivity contribution in [1.82, 2.24) is 9.88 Å². The van der Waals surface area contributed by atoms with Crippen molar-refractivity contribution in [1.29, 1.82) is 0 Å². The molecule has 5 heteroatoms. The molecule has 1 fully saturated rings. The maximum Gasteiger partial charge on any atom is 0.240 e. The number of nitrogens with two attached hydrogens (primary N) is 1. The SMILES string of the molecule is CC(C)Oc1nc(OC2CCN(C)CC2)ccc1N. The molecule has 0 aliphatic carbocycles. The highest BCUT2D eigenvalue weighted by molar-refractivity contribution is 5.49. The molecule has 0 aromatic carbocycles. The van der Waals surface area contributed by atoms with E-state index in [1.165, 1.54) is 0 Å². The third kappa shape index (κ3) is 3.99. The highest BCUT2D eigenvalue weighted by Gasteiger charge is 2.19. The first-order valence-corrected chi connectivity index (χ1v) is 6.83. The summed E-state index contributed by atoms with van der Waals surface area (Å²) >= 11 is 0. The van der Waals surface area contributed by atoms with E-state index in [0.29, 0.717) is 17.4 Å². The molecule has 2 N–H and O–H groups in total. The van der Waals surface area contributed by atoms with Gasteiger partial charge >= 0.3 is 0 Å². The van der Waals surface area contributed by atoms with Crippen molar-refractivity contribution in [3.05, 3.63) is 12.1 Å². The predicted octanol–water partition coefficient (Wildman–Crippen LogP) is 1.92. The quantitative estimate of drug-likeness (QED) is 0.901. The molecule has 0 radical (unpaired) electrons. The third-order valence-electron chi connectivity index (χ3n) is 3.16. The highest BCUT2D eigenvalue weighted by atomic mass is 16.5. The number of piperidine rings is 1. The molecule has 1 aliphatic heterocycles. The van der Waals surface area contributed by atoms with Crippen LogP contribution in [0.1, 0.15) is 26.7 Å². The van der Waals surface area contributed by atoms with Crippen molar-refractivity contribution >= 4 is 5.69 Å². The lowest BCUT2D eigenvalue weighted by molar-refractivity contribution is 0.108. The van der Waals surface area contributed by atoms with Crippen LogP contribution in [0.5, 0.6) is 11.8 Å². The summed E-state index contributed by atoms with van der Waals surface area (Å²) in [6.07, 6.45) is 2.35. The molecule has 5 nitrogen and oxygen atoms in total. The summed E-state index contributed by atoms with van der Waals surface area (Å²) in [6.45, 7) is 6.03. The van der Waals surface area contributed by atoms with Crippen molar-refractivity contribution in [3.8, 4) is 11.8 Å². The normalized spacial score (nSPS) is 17.7. The first-order chi connectivity index (χ1) is 9.04. The number of hydrogen-bond acceptors (Lipinski definition) is 5. The molecule has 1 aromatic rings. The van der Waals surface area contributed by atoms with Gasteiger partial charge in [-0.3, -0.25) is 0 Å². The number of pyridine rings is 1. The second-order valence-corrected chi connectivity index (χ2v) is 5.33. The van der Waals surface area contributed by atoms with Gasteiger partial charge in [-0.15, -0.1) is 0 Å². The van der Waals surface area contributed by atoms with E-state index in [9.17, 15) is 0 Å². The van der Waals surface area contributed by atoms with Gasteiger partial charge in [-0.2, -0.15) is 4.98 Å². The Bertz CT molecular complexity index is 415. The Labute approximate surface area is 114 Å². The minimum atomic E-state index is 0.0494. The number of nitrogens with zero attached hydrogens (tertiary/aromatic N) is 2. The second-order valence-electron chi connectivity index (χ2n) is 5.33. The fourth-order valence-electron chi connectivity index (χ4n) is 2.09. The van der Waals surface area contributed by atoms with Gasteiger partial charge in [-0.25, -0.2) is 0 Å². The number of ether oxygens (including phenoxy) is 2. The minimum absolute atomic E-state index is 0.0494.